The second-order valence-corrected chi connectivity index (χ2v) is 5.25. The summed E-state index contributed by atoms with van der Waals surface area (Å²) in [6, 6.07) is 10.1. The quantitative estimate of drug-likeness (QED) is 0.429. The van der Waals surface area contributed by atoms with Crippen molar-refractivity contribution in [2.24, 2.45) is 5.92 Å². The number of hydrogen-bond donors (Lipinski definition) is 1. The van der Waals surface area contributed by atoms with Crippen molar-refractivity contribution >= 4 is 5.91 Å². The lowest BCUT2D eigenvalue weighted by atomic mass is 10.2. The minimum absolute atomic E-state index is 0.0475. The van der Waals surface area contributed by atoms with Gasteiger partial charge in [-0.05, 0) is 17.9 Å². The van der Waals surface area contributed by atoms with Crippen molar-refractivity contribution < 1.29 is 9.53 Å². The second kappa shape index (κ2) is 10.9. The Bertz CT molecular complexity index is 450. The summed E-state index contributed by atoms with van der Waals surface area (Å²) in [6.45, 7) is 6.17. The fourth-order valence-corrected chi connectivity index (χ4v) is 1.60. The maximum absolute atomic E-state index is 11.4. The molecule has 1 aromatic carbocycles. The summed E-state index contributed by atoms with van der Waals surface area (Å²) in [5.74, 6) is 0.424. The first-order chi connectivity index (χ1) is 10.2. The lowest BCUT2D eigenvalue weighted by Crippen LogP contribution is -2.25. The normalized spacial score (nSPS) is 11.6. The molecule has 3 nitrogen and oxygen atoms in total. The molecule has 0 saturated carbocycles. The van der Waals surface area contributed by atoms with Crippen molar-refractivity contribution in [2.75, 3.05) is 13.2 Å². The minimum Gasteiger partial charge on any atom is -0.376 e. The zero-order chi connectivity index (χ0) is 15.3. The number of allylic oxidation sites excluding steroid dienone is 2. The topological polar surface area (TPSA) is 38.3 Å². The number of amides is 1. The summed E-state index contributed by atoms with van der Waals surface area (Å²) in [6.07, 6.45) is 8.01. The second-order valence-electron chi connectivity index (χ2n) is 5.25. The molecule has 114 valence electrons. The van der Waals surface area contributed by atoms with E-state index in [9.17, 15) is 4.79 Å². The van der Waals surface area contributed by atoms with E-state index in [1.807, 2.05) is 42.5 Å². The van der Waals surface area contributed by atoms with Crippen molar-refractivity contribution in [1.82, 2.24) is 5.32 Å². The van der Waals surface area contributed by atoms with Gasteiger partial charge in [0.05, 0.1) is 13.2 Å². The average Bonchev–Trinajstić information content (AvgIpc) is 2.49. The highest BCUT2D eigenvalue weighted by Crippen LogP contribution is 2.00. The Morgan fingerprint density at radius 1 is 1.24 bits per heavy atom. The van der Waals surface area contributed by atoms with Crippen LogP contribution in [0, 0.1) is 5.92 Å². The van der Waals surface area contributed by atoms with Gasteiger partial charge < -0.3 is 10.1 Å². The van der Waals surface area contributed by atoms with E-state index in [0.717, 1.165) is 6.42 Å². The summed E-state index contributed by atoms with van der Waals surface area (Å²) < 4.78 is 5.56. The van der Waals surface area contributed by atoms with Crippen molar-refractivity contribution in [2.45, 2.75) is 26.9 Å². The Balaban J connectivity index is 2.05. The van der Waals surface area contributed by atoms with Gasteiger partial charge in [-0.1, -0.05) is 62.4 Å². The van der Waals surface area contributed by atoms with Crippen LogP contribution >= 0.6 is 0 Å². The van der Waals surface area contributed by atoms with Gasteiger partial charge in [-0.3, -0.25) is 4.79 Å². The molecule has 0 aliphatic rings. The van der Waals surface area contributed by atoms with Gasteiger partial charge in [-0.15, -0.1) is 0 Å². The number of hydrogen-bond acceptors (Lipinski definition) is 2. The van der Waals surface area contributed by atoms with Gasteiger partial charge in [0, 0.05) is 12.6 Å². The van der Waals surface area contributed by atoms with Crippen LogP contribution in [0.1, 0.15) is 25.8 Å². The lowest BCUT2D eigenvalue weighted by Gasteiger charge is -2.03. The first kappa shape index (κ1) is 17.2. The Kier molecular flexibility index (Phi) is 8.89. The third kappa shape index (κ3) is 9.63. The predicted octanol–water partition coefficient (Wildman–Crippen LogP) is 3.48. The predicted molar refractivity (Wildman–Crippen MR) is 86.8 cm³/mol. The van der Waals surface area contributed by atoms with Gasteiger partial charge in [0.1, 0.15) is 0 Å². The third-order valence-electron chi connectivity index (χ3n) is 2.72. The first-order valence-corrected chi connectivity index (χ1v) is 7.41. The molecule has 0 unspecified atom stereocenters. The minimum atomic E-state index is -0.0475. The van der Waals surface area contributed by atoms with Gasteiger partial charge >= 0.3 is 0 Å². The summed E-state index contributed by atoms with van der Waals surface area (Å²) in [7, 11) is 0. The lowest BCUT2D eigenvalue weighted by molar-refractivity contribution is -0.116. The molecule has 1 N–H and O–H groups in total. The molecular formula is C18H25NO2. The molecule has 21 heavy (non-hydrogen) atoms. The highest BCUT2D eigenvalue weighted by molar-refractivity contribution is 5.87. The molecule has 0 saturated heterocycles. The smallest absolute Gasteiger partial charge is 0.243 e. The summed E-state index contributed by atoms with van der Waals surface area (Å²) in [5.41, 5.74) is 1.18. The summed E-state index contributed by atoms with van der Waals surface area (Å²) in [5, 5.41) is 2.83. The van der Waals surface area contributed by atoms with Crippen LogP contribution in [0.25, 0.3) is 0 Å². The molecule has 0 bridgehead atoms. The van der Waals surface area contributed by atoms with Gasteiger partial charge in [0.15, 0.2) is 0 Å². The zero-order valence-electron chi connectivity index (χ0n) is 12.9. The Labute approximate surface area is 127 Å². The highest BCUT2D eigenvalue weighted by atomic mass is 16.5. The van der Waals surface area contributed by atoms with E-state index in [4.69, 9.17) is 4.74 Å². The van der Waals surface area contributed by atoms with Gasteiger partial charge in [0.2, 0.25) is 5.91 Å². The molecule has 1 amide bonds. The Morgan fingerprint density at radius 3 is 2.71 bits per heavy atom. The molecule has 0 aromatic heterocycles. The first-order valence-electron chi connectivity index (χ1n) is 7.41. The molecule has 1 aromatic rings. The van der Waals surface area contributed by atoms with Crippen LogP contribution < -0.4 is 5.32 Å². The number of nitrogens with one attached hydrogen (secondary N) is 1. The highest BCUT2D eigenvalue weighted by Gasteiger charge is 1.95. The number of ether oxygens (including phenoxy) is 1. The maximum atomic E-state index is 11.4. The molecule has 1 rings (SSSR count). The molecule has 0 fully saturated rings. The fraction of sp³-hybridized carbons (Fsp3) is 0.389. The van der Waals surface area contributed by atoms with E-state index in [-0.39, 0.29) is 5.91 Å². The fourth-order valence-electron chi connectivity index (χ4n) is 1.60. The molecule has 0 atom stereocenters. The van der Waals surface area contributed by atoms with Crippen LogP contribution in [0.2, 0.25) is 0 Å². The number of rotatable bonds is 9. The van der Waals surface area contributed by atoms with Crippen molar-refractivity contribution in [3.05, 3.63) is 60.2 Å². The number of benzene rings is 1. The summed E-state index contributed by atoms with van der Waals surface area (Å²) in [4.78, 5) is 11.4. The van der Waals surface area contributed by atoms with Crippen LogP contribution in [0.4, 0.5) is 0 Å². The van der Waals surface area contributed by atoms with Crippen LogP contribution in [0.3, 0.4) is 0 Å². The van der Waals surface area contributed by atoms with Crippen LogP contribution in [0.15, 0.2) is 54.6 Å². The van der Waals surface area contributed by atoms with Crippen molar-refractivity contribution in [1.29, 1.82) is 0 Å². The zero-order valence-corrected chi connectivity index (χ0v) is 12.9. The maximum Gasteiger partial charge on any atom is 0.243 e. The molecule has 0 heterocycles. The van der Waals surface area contributed by atoms with E-state index in [1.165, 1.54) is 5.56 Å². The van der Waals surface area contributed by atoms with Gasteiger partial charge in [0.25, 0.3) is 0 Å². The van der Waals surface area contributed by atoms with Crippen LogP contribution in [0.5, 0.6) is 0 Å². The van der Waals surface area contributed by atoms with E-state index >= 15 is 0 Å². The number of carbonyl (C=O) groups is 1. The van der Waals surface area contributed by atoms with Crippen molar-refractivity contribution in [3.63, 3.8) is 0 Å². The molecule has 0 radical (unpaired) electrons. The molecule has 0 aliphatic carbocycles. The molecule has 0 spiro atoms. The van der Waals surface area contributed by atoms with E-state index in [2.05, 4.69) is 19.2 Å². The van der Waals surface area contributed by atoms with E-state index in [0.29, 0.717) is 25.7 Å². The molecular weight excluding hydrogens is 262 g/mol. The van der Waals surface area contributed by atoms with Crippen molar-refractivity contribution in [3.8, 4) is 0 Å². The Morgan fingerprint density at radius 2 is 2.00 bits per heavy atom. The number of carbonyl (C=O) groups excluding carboxylic acids is 1. The Hall–Kier alpha value is -1.87. The molecule has 3 heteroatoms. The van der Waals surface area contributed by atoms with Crippen LogP contribution in [-0.4, -0.2) is 19.1 Å². The molecule has 0 aliphatic heterocycles. The van der Waals surface area contributed by atoms with Gasteiger partial charge in [-0.25, -0.2) is 0 Å². The van der Waals surface area contributed by atoms with Gasteiger partial charge in [-0.2, -0.15) is 0 Å². The van der Waals surface area contributed by atoms with Crippen LogP contribution in [-0.2, 0) is 16.1 Å². The standard InChI is InChI=1S/C18H25NO2/c1-16(2)14-19-18(20)12-8-3-4-9-13-21-15-17-10-6-5-7-11-17/h3-8,10-12,16H,9,13-15H2,1-2H3,(H,19,20)/b4-3+,12-8+. The SMILES string of the molecule is CC(C)CNC(=O)/C=C/C=C/CCOCc1ccccc1. The summed E-state index contributed by atoms with van der Waals surface area (Å²) >= 11 is 0. The van der Waals surface area contributed by atoms with E-state index in [1.54, 1.807) is 12.2 Å². The largest absolute Gasteiger partial charge is 0.376 e. The monoisotopic (exact) mass is 287 g/mol. The van der Waals surface area contributed by atoms with E-state index < -0.39 is 0 Å². The average molecular weight is 287 g/mol. The third-order valence-corrected chi connectivity index (χ3v) is 2.72.